The van der Waals surface area contributed by atoms with Gasteiger partial charge in [-0.3, -0.25) is 4.79 Å². The van der Waals surface area contributed by atoms with Gasteiger partial charge in [0.15, 0.2) is 0 Å². The number of hydrogen-bond donors (Lipinski definition) is 3. The molecule has 1 aromatic heterocycles. The van der Waals surface area contributed by atoms with Crippen molar-refractivity contribution < 1.29 is 10.2 Å². The molecule has 0 radical (unpaired) electrons. The SMILES string of the molecule is O=c1[nH]cnc2cc(C(O)C(O)CCl)ccc12. The van der Waals surface area contributed by atoms with Crippen LogP contribution in [0, 0.1) is 0 Å². The molecule has 17 heavy (non-hydrogen) atoms. The molecule has 0 aliphatic rings. The van der Waals surface area contributed by atoms with Crippen LogP contribution in [0.4, 0.5) is 0 Å². The normalized spacial score (nSPS) is 14.8. The summed E-state index contributed by atoms with van der Waals surface area (Å²) in [7, 11) is 0. The molecule has 5 nitrogen and oxygen atoms in total. The van der Waals surface area contributed by atoms with Crippen molar-refractivity contribution in [2.45, 2.75) is 12.2 Å². The molecule has 0 aliphatic carbocycles. The Labute approximate surface area is 102 Å². The van der Waals surface area contributed by atoms with Crippen LogP contribution in [0.1, 0.15) is 11.7 Å². The summed E-state index contributed by atoms with van der Waals surface area (Å²) in [5, 5.41) is 19.6. The summed E-state index contributed by atoms with van der Waals surface area (Å²) in [6, 6.07) is 4.69. The third-order valence-electron chi connectivity index (χ3n) is 2.53. The van der Waals surface area contributed by atoms with E-state index in [1.165, 1.54) is 6.33 Å². The number of aliphatic hydroxyl groups excluding tert-OH is 2. The van der Waals surface area contributed by atoms with Gasteiger partial charge in [-0.1, -0.05) is 6.07 Å². The number of nitrogens with zero attached hydrogens (tertiary/aromatic N) is 1. The molecular formula is C11H11ClN2O3. The molecule has 1 aromatic carbocycles. The highest BCUT2D eigenvalue weighted by molar-refractivity contribution is 6.18. The molecule has 2 unspecified atom stereocenters. The van der Waals surface area contributed by atoms with Gasteiger partial charge in [0.25, 0.3) is 5.56 Å². The van der Waals surface area contributed by atoms with Crippen LogP contribution in [0.25, 0.3) is 10.9 Å². The number of hydrogen-bond acceptors (Lipinski definition) is 4. The zero-order valence-corrected chi connectivity index (χ0v) is 9.55. The third kappa shape index (κ3) is 2.31. The molecule has 90 valence electrons. The lowest BCUT2D eigenvalue weighted by molar-refractivity contribution is 0.0328. The lowest BCUT2D eigenvalue weighted by Crippen LogP contribution is -2.19. The minimum atomic E-state index is -1.09. The molecule has 0 spiro atoms. The summed E-state index contributed by atoms with van der Waals surface area (Å²) in [5.74, 6) is -0.0675. The van der Waals surface area contributed by atoms with Crippen molar-refractivity contribution in [2.24, 2.45) is 0 Å². The van der Waals surface area contributed by atoms with E-state index >= 15 is 0 Å². The van der Waals surface area contributed by atoms with E-state index in [2.05, 4.69) is 9.97 Å². The summed E-state index contributed by atoms with van der Waals surface area (Å²) < 4.78 is 0. The fourth-order valence-electron chi connectivity index (χ4n) is 1.58. The van der Waals surface area contributed by atoms with E-state index in [0.717, 1.165) is 0 Å². The van der Waals surface area contributed by atoms with Gasteiger partial charge in [-0.15, -0.1) is 11.6 Å². The van der Waals surface area contributed by atoms with Gasteiger partial charge in [0, 0.05) is 0 Å². The van der Waals surface area contributed by atoms with Gasteiger partial charge in [0.05, 0.1) is 29.2 Å². The smallest absolute Gasteiger partial charge is 0.258 e. The van der Waals surface area contributed by atoms with Gasteiger partial charge in [-0.2, -0.15) is 0 Å². The summed E-state index contributed by atoms with van der Waals surface area (Å²) in [6.07, 6.45) is -0.840. The fraction of sp³-hybridized carbons (Fsp3) is 0.273. The molecule has 1 heterocycles. The van der Waals surface area contributed by atoms with Crippen LogP contribution in [0.2, 0.25) is 0 Å². The number of rotatable bonds is 3. The van der Waals surface area contributed by atoms with E-state index < -0.39 is 12.2 Å². The van der Waals surface area contributed by atoms with Crippen molar-refractivity contribution in [3.63, 3.8) is 0 Å². The summed E-state index contributed by atoms with van der Waals surface area (Å²) >= 11 is 5.46. The van der Waals surface area contributed by atoms with E-state index in [9.17, 15) is 15.0 Å². The molecule has 2 aromatic rings. The maximum absolute atomic E-state index is 11.4. The predicted octanol–water partition coefficient (Wildman–Crippen LogP) is 0.556. The standard InChI is InChI=1S/C11H11ClN2O3/c12-4-9(15)10(16)6-1-2-7-8(3-6)13-5-14-11(7)17/h1-3,5,9-10,15-16H,4H2,(H,13,14,17). The van der Waals surface area contributed by atoms with Gasteiger partial charge in [-0.25, -0.2) is 4.98 Å². The van der Waals surface area contributed by atoms with Crippen LogP contribution in [-0.4, -0.2) is 32.2 Å². The summed E-state index contributed by atoms with van der Waals surface area (Å²) in [4.78, 5) is 17.9. The van der Waals surface area contributed by atoms with Crippen molar-refractivity contribution in [1.82, 2.24) is 9.97 Å². The molecule has 2 atom stereocenters. The van der Waals surface area contributed by atoms with E-state index in [4.69, 9.17) is 11.6 Å². The second-order valence-electron chi connectivity index (χ2n) is 3.67. The van der Waals surface area contributed by atoms with E-state index in [1.807, 2.05) is 0 Å². The highest BCUT2D eigenvalue weighted by atomic mass is 35.5. The molecule has 0 amide bonds. The molecule has 0 aliphatic heterocycles. The van der Waals surface area contributed by atoms with Gasteiger partial charge in [0.1, 0.15) is 6.10 Å². The largest absolute Gasteiger partial charge is 0.389 e. The Morgan fingerprint density at radius 2 is 2.18 bits per heavy atom. The fourth-order valence-corrected chi connectivity index (χ4v) is 1.74. The highest BCUT2D eigenvalue weighted by Crippen LogP contribution is 2.20. The molecule has 0 saturated carbocycles. The molecule has 0 fully saturated rings. The quantitative estimate of drug-likeness (QED) is 0.699. The van der Waals surface area contributed by atoms with E-state index in [0.29, 0.717) is 16.5 Å². The monoisotopic (exact) mass is 254 g/mol. The zero-order chi connectivity index (χ0) is 12.4. The average Bonchev–Trinajstić information content (AvgIpc) is 2.37. The first-order valence-electron chi connectivity index (χ1n) is 5.03. The van der Waals surface area contributed by atoms with Crippen molar-refractivity contribution in [3.8, 4) is 0 Å². The Bertz CT molecular complexity index is 584. The van der Waals surface area contributed by atoms with Crippen molar-refractivity contribution in [2.75, 3.05) is 5.88 Å². The average molecular weight is 255 g/mol. The Morgan fingerprint density at radius 1 is 1.41 bits per heavy atom. The third-order valence-corrected chi connectivity index (χ3v) is 2.85. The maximum atomic E-state index is 11.4. The first kappa shape index (κ1) is 12.0. The Kier molecular flexibility index (Phi) is 3.42. The number of aliphatic hydroxyl groups is 2. The molecule has 0 bridgehead atoms. The van der Waals surface area contributed by atoms with Crippen molar-refractivity contribution >= 4 is 22.5 Å². The second-order valence-corrected chi connectivity index (χ2v) is 3.98. The molecular weight excluding hydrogens is 244 g/mol. The molecule has 0 saturated heterocycles. The number of aromatic amines is 1. The first-order valence-corrected chi connectivity index (χ1v) is 5.56. The minimum absolute atomic E-state index is 0.0675. The van der Waals surface area contributed by atoms with Gasteiger partial charge in [-0.05, 0) is 17.7 Å². The van der Waals surface area contributed by atoms with Crippen molar-refractivity contribution in [1.29, 1.82) is 0 Å². The van der Waals surface area contributed by atoms with Crippen LogP contribution < -0.4 is 5.56 Å². The van der Waals surface area contributed by atoms with Crippen LogP contribution in [0.5, 0.6) is 0 Å². The topological polar surface area (TPSA) is 86.2 Å². The molecule has 6 heteroatoms. The number of benzene rings is 1. The lowest BCUT2D eigenvalue weighted by atomic mass is 10.0. The van der Waals surface area contributed by atoms with Gasteiger partial charge in [0.2, 0.25) is 0 Å². The number of nitrogens with one attached hydrogen (secondary N) is 1. The summed E-state index contributed by atoms with van der Waals surface area (Å²) in [5.41, 5.74) is 0.699. The second kappa shape index (κ2) is 4.83. The van der Waals surface area contributed by atoms with Gasteiger partial charge >= 0.3 is 0 Å². The Hall–Kier alpha value is -1.43. The zero-order valence-electron chi connectivity index (χ0n) is 8.80. The highest BCUT2D eigenvalue weighted by Gasteiger charge is 2.17. The number of halogens is 1. The van der Waals surface area contributed by atoms with Gasteiger partial charge < -0.3 is 15.2 Å². The Balaban J connectivity index is 2.48. The van der Waals surface area contributed by atoms with Crippen molar-refractivity contribution in [3.05, 3.63) is 40.4 Å². The van der Waals surface area contributed by atoms with Crippen LogP contribution >= 0.6 is 11.6 Å². The van der Waals surface area contributed by atoms with Crippen LogP contribution in [0.3, 0.4) is 0 Å². The molecule has 3 N–H and O–H groups in total. The number of aromatic nitrogens is 2. The molecule has 2 rings (SSSR count). The van der Waals surface area contributed by atoms with Crippen LogP contribution in [0.15, 0.2) is 29.3 Å². The van der Waals surface area contributed by atoms with Crippen LogP contribution in [-0.2, 0) is 0 Å². The maximum Gasteiger partial charge on any atom is 0.258 e. The van der Waals surface area contributed by atoms with E-state index in [1.54, 1.807) is 18.2 Å². The predicted molar refractivity (Wildman–Crippen MR) is 64.1 cm³/mol. The number of fused-ring (bicyclic) bond motifs is 1. The van der Waals surface area contributed by atoms with E-state index in [-0.39, 0.29) is 11.4 Å². The minimum Gasteiger partial charge on any atom is -0.389 e. The lowest BCUT2D eigenvalue weighted by Gasteiger charge is -2.15. The first-order chi connectivity index (χ1) is 8.13. The summed E-state index contributed by atoms with van der Waals surface area (Å²) in [6.45, 7) is 0. The number of H-pyrrole nitrogens is 1. The number of alkyl halides is 1. The Morgan fingerprint density at radius 3 is 2.88 bits per heavy atom.